The summed E-state index contributed by atoms with van der Waals surface area (Å²) in [6.45, 7) is 11.0. The van der Waals surface area contributed by atoms with Gasteiger partial charge in [0.2, 0.25) is 0 Å². The standard InChI is InChI=1S/C12H28N2O/c1-5-7-14(8-9-15)11-12(3,6-2)10-13-4/h13,15H,5-11H2,1-4H3. The molecule has 0 aromatic heterocycles. The molecule has 3 heteroatoms. The second-order valence-electron chi connectivity index (χ2n) is 4.69. The molecule has 0 bridgehead atoms. The first-order valence-electron chi connectivity index (χ1n) is 6.09. The van der Waals surface area contributed by atoms with Crippen LogP contribution in [0, 0.1) is 5.41 Å². The molecule has 0 aliphatic heterocycles. The van der Waals surface area contributed by atoms with E-state index in [0.717, 1.165) is 32.6 Å². The topological polar surface area (TPSA) is 35.5 Å². The number of hydrogen-bond acceptors (Lipinski definition) is 3. The third-order valence-corrected chi connectivity index (χ3v) is 3.02. The minimum absolute atomic E-state index is 0.263. The van der Waals surface area contributed by atoms with Crippen molar-refractivity contribution in [2.24, 2.45) is 5.41 Å². The molecular formula is C12H28N2O. The second-order valence-corrected chi connectivity index (χ2v) is 4.69. The predicted molar refractivity (Wildman–Crippen MR) is 66.1 cm³/mol. The number of aliphatic hydroxyl groups excluding tert-OH is 1. The third-order valence-electron chi connectivity index (χ3n) is 3.02. The lowest BCUT2D eigenvalue weighted by molar-refractivity contribution is 0.130. The van der Waals surface area contributed by atoms with E-state index < -0.39 is 0 Å². The maximum atomic E-state index is 9.01. The third kappa shape index (κ3) is 6.13. The van der Waals surface area contributed by atoms with Crippen LogP contribution < -0.4 is 5.32 Å². The normalized spacial score (nSPS) is 15.6. The van der Waals surface area contributed by atoms with Gasteiger partial charge in [0.15, 0.2) is 0 Å². The highest BCUT2D eigenvalue weighted by Gasteiger charge is 2.23. The Labute approximate surface area is 94.9 Å². The average Bonchev–Trinajstić information content (AvgIpc) is 2.19. The molecule has 0 saturated heterocycles. The molecule has 0 aromatic carbocycles. The van der Waals surface area contributed by atoms with Gasteiger partial charge in [0.05, 0.1) is 6.61 Å². The molecule has 3 nitrogen and oxygen atoms in total. The quantitative estimate of drug-likeness (QED) is 0.610. The van der Waals surface area contributed by atoms with E-state index in [-0.39, 0.29) is 6.61 Å². The Morgan fingerprint density at radius 3 is 2.33 bits per heavy atom. The fourth-order valence-electron chi connectivity index (χ4n) is 1.99. The van der Waals surface area contributed by atoms with E-state index in [2.05, 4.69) is 31.0 Å². The van der Waals surface area contributed by atoms with Crippen LogP contribution in [0.1, 0.15) is 33.6 Å². The van der Waals surface area contributed by atoms with Crippen molar-refractivity contribution >= 4 is 0 Å². The van der Waals surface area contributed by atoms with Crippen LogP contribution in [-0.2, 0) is 0 Å². The number of nitrogens with zero attached hydrogens (tertiary/aromatic N) is 1. The highest BCUT2D eigenvalue weighted by Crippen LogP contribution is 2.21. The molecule has 0 amide bonds. The summed E-state index contributed by atoms with van der Waals surface area (Å²) < 4.78 is 0. The molecule has 0 aliphatic rings. The Bertz CT molecular complexity index is 147. The summed E-state index contributed by atoms with van der Waals surface area (Å²) in [6.07, 6.45) is 2.32. The number of hydrogen-bond donors (Lipinski definition) is 2. The fourth-order valence-corrected chi connectivity index (χ4v) is 1.99. The van der Waals surface area contributed by atoms with E-state index in [1.807, 2.05) is 7.05 Å². The van der Waals surface area contributed by atoms with Gasteiger partial charge in [-0.2, -0.15) is 0 Å². The number of rotatable bonds is 9. The molecule has 1 atom stereocenters. The van der Waals surface area contributed by atoms with E-state index in [1.165, 1.54) is 6.42 Å². The van der Waals surface area contributed by atoms with Crippen LogP contribution in [0.25, 0.3) is 0 Å². The van der Waals surface area contributed by atoms with Gasteiger partial charge in [-0.15, -0.1) is 0 Å². The van der Waals surface area contributed by atoms with Crippen LogP contribution >= 0.6 is 0 Å². The molecule has 0 aliphatic carbocycles. The maximum Gasteiger partial charge on any atom is 0.0558 e. The summed E-state index contributed by atoms with van der Waals surface area (Å²) >= 11 is 0. The zero-order valence-corrected chi connectivity index (χ0v) is 10.8. The largest absolute Gasteiger partial charge is 0.395 e. The molecule has 92 valence electrons. The zero-order valence-electron chi connectivity index (χ0n) is 10.8. The van der Waals surface area contributed by atoms with E-state index in [4.69, 9.17) is 5.11 Å². The highest BCUT2D eigenvalue weighted by atomic mass is 16.3. The van der Waals surface area contributed by atoms with Gasteiger partial charge in [-0.05, 0) is 31.8 Å². The minimum atomic E-state index is 0.263. The Kier molecular flexibility index (Phi) is 8.02. The molecular weight excluding hydrogens is 188 g/mol. The van der Waals surface area contributed by atoms with Crippen molar-refractivity contribution in [1.82, 2.24) is 10.2 Å². The van der Waals surface area contributed by atoms with Crippen molar-refractivity contribution in [3.8, 4) is 0 Å². The molecule has 0 saturated carbocycles. The average molecular weight is 216 g/mol. The van der Waals surface area contributed by atoms with Crippen molar-refractivity contribution in [2.45, 2.75) is 33.6 Å². The maximum absolute atomic E-state index is 9.01. The van der Waals surface area contributed by atoms with Crippen LogP contribution in [0.2, 0.25) is 0 Å². The first kappa shape index (κ1) is 14.9. The van der Waals surface area contributed by atoms with Crippen molar-refractivity contribution in [3.05, 3.63) is 0 Å². The number of aliphatic hydroxyl groups is 1. The summed E-state index contributed by atoms with van der Waals surface area (Å²) in [5.74, 6) is 0. The molecule has 0 aromatic rings. The molecule has 15 heavy (non-hydrogen) atoms. The van der Waals surface area contributed by atoms with Crippen molar-refractivity contribution in [1.29, 1.82) is 0 Å². The molecule has 2 N–H and O–H groups in total. The SMILES string of the molecule is CCCN(CCO)CC(C)(CC)CNC. The second kappa shape index (κ2) is 8.08. The Balaban J connectivity index is 4.19. The van der Waals surface area contributed by atoms with Crippen LogP contribution in [0.3, 0.4) is 0 Å². The summed E-state index contributed by atoms with van der Waals surface area (Å²) in [7, 11) is 2.00. The predicted octanol–water partition coefficient (Wildman–Crippen LogP) is 1.33. The molecule has 1 unspecified atom stereocenters. The summed E-state index contributed by atoms with van der Waals surface area (Å²) in [6, 6.07) is 0. The van der Waals surface area contributed by atoms with E-state index in [1.54, 1.807) is 0 Å². The fraction of sp³-hybridized carbons (Fsp3) is 1.00. The number of nitrogens with one attached hydrogen (secondary N) is 1. The van der Waals surface area contributed by atoms with Gasteiger partial charge in [0, 0.05) is 19.6 Å². The first-order valence-corrected chi connectivity index (χ1v) is 6.09. The molecule has 0 fully saturated rings. The van der Waals surface area contributed by atoms with Crippen LogP contribution in [0.4, 0.5) is 0 Å². The van der Waals surface area contributed by atoms with Gasteiger partial charge in [0.1, 0.15) is 0 Å². The summed E-state index contributed by atoms with van der Waals surface area (Å²) in [4.78, 5) is 2.36. The molecule has 0 rings (SSSR count). The monoisotopic (exact) mass is 216 g/mol. The van der Waals surface area contributed by atoms with Crippen molar-refractivity contribution < 1.29 is 5.11 Å². The highest BCUT2D eigenvalue weighted by molar-refractivity contribution is 4.79. The Morgan fingerprint density at radius 1 is 1.27 bits per heavy atom. The molecule has 0 radical (unpaired) electrons. The van der Waals surface area contributed by atoms with Crippen molar-refractivity contribution in [3.63, 3.8) is 0 Å². The van der Waals surface area contributed by atoms with Gasteiger partial charge in [-0.25, -0.2) is 0 Å². The Hall–Kier alpha value is -0.120. The molecule has 0 spiro atoms. The van der Waals surface area contributed by atoms with Gasteiger partial charge >= 0.3 is 0 Å². The van der Waals surface area contributed by atoms with E-state index >= 15 is 0 Å². The van der Waals surface area contributed by atoms with Crippen LogP contribution in [0.15, 0.2) is 0 Å². The van der Waals surface area contributed by atoms with Crippen LogP contribution in [-0.4, -0.2) is 49.8 Å². The zero-order chi connectivity index (χ0) is 11.7. The van der Waals surface area contributed by atoms with E-state index in [0.29, 0.717) is 5.41 Å². The van der Waals surface area contributed by atoms with Gasteiger partial charge in [0.25, 0.3) is 0 Å². The summed E-state index contributed by atoms with van der Waals surface area (Å²) in [5.41, 5.74) is 0.319. The lowest BCUT2D eigenvalue weighted by Crippen LogP contribution is -2.42. The molecule has 0 heterocycles. The Morgan fingerprint density at radius 2 is 1.93 bits per heavy atom. The van der Waals surface area contributed by atoms with Crippen LogP contribution in [0.5, 0.6) is 0 Å². The van der Waals surface area contributed by atoms with Crippen molar-refractivity contribution in [2.75, 3.05) is 39.8 Å². The first-order chi connectivity index (χ1) is 7.11. The summed E-state index contributed by atoms with van der Waals surface area (Å²) in [5, 5.41) is 12.3. The lowest BCUT2D eigenvalue weighted by atomic mass is 9.86. The lowest BCUT2D eigenvalue weighted by Gasteiger charge is -2.34. The smallest absolute Gasteiger partial charge is 0.0558 e. The van der Waals surface area contributed by atoms with Gasteiger partial charge < -0.3 is 15.3 Å². The van der Waals surface area contributed by atoms with Gasteiger partial charge in [-0.1, -0.05) is 20.8 Å². The van der Waals surface area contributed by atoms with E-state index in [9.17, 15) is 0 Å². The minimum Gasteiger partial charge on any atom is -0.395 e. The van der Waals surface area contributed by atoms with Gasteiger partial charge in [-0.3, -0.25) is 0 Å².